The monoisotopic (exact) mass is 391 g/mol. The van der Waals surface area contributed by atoms with Gasteiger partial charge in [-0.05, 0) is 35.7 Å². The zero-order chi connectivity index (χ0) is 20.7. The van der Waals surface area contributed by atoms with E-state index in [-0.39, 0.29) is 12.2 Å². The van der Waals surface area contributed by atoms with E-state index in [1.165, 1.54) is 0 Å². The Morgan fingerprint density at radius 1 is 0.833 bits per heavy atom. The Hall–Kier alpha value is -4.14. The molecule has 0 bridgehead atoms. The van der Waals surface area contributed by atoms with Gasteiger partial charge in [0.2, 0.25) is 0 Å². The van der Waals surface area contributed by atoms with E-state index in [1.807, 2.05) is 71.3 Å². The summed E-state index contributed by atoms with van der Waals surface area (Å²) in [6.07, 6.45) is 3.50. The first-order valence-electron chi connectivity index (χ1n) is 9.57. The molecule has 5 nitrogen and oxygen atoms in total. The van der Waals surface area contributed by atoms with E-state index < -0.39 is 0 Å². The molecule has 0 saturated carbocycles. The van der Waals surface area contributed by atoms with Crippen molar-refractivity contribution >= 4 is 21.7 Å². The molecule has 0 fully saturated rings. The van der Waals surface area contributed by atoms with Crippen molar-refractivity contribution in [3.63, 3.8) is 0 Å². The average Bonchev–Trinajstić information content (AvgIpc) is 3.18. The van der Waals surface area contributed by atoms with E-state index in [2.05, 4.69) is 6.07 Å². The lowest BCUT2D eigenvalue weighted by atomic mass is 10.1. The number of aliphatic hydroxyl groups excluding tert-OH is 1. The first-order chi connectivity index (χ1) is 14.7. The van der Waals surface area contributed by atoms with Crippen molar-refractivity contribution < 1.29 is 5.11 Å². The molecule has 2 heterocycles. The number of fused-ring (bicyclic) bond motifs is 2. The quantitative estimate of drug-likeness (QED) is 0.498. The molecular formula is C25H17N3O2. The van der Waals surface area contributed by atoms with Gasteiger partial charge in [0, 0.05) is 28.7 Å². The molecule has 0 aliphatic carbocycles. The van der Waals surface area contributed by atoms with E-state index in [4.69, 9.17) is 0 Å². The Labute approximate surface area is 172 Å². The third kappa shape index (κ3) is 2.63. The highest BCUT2D eigenvalue weighted by Crippen LogP contribution is 2.29. The minimum absolute atomic E-state index is 0.143. The first kappa shape index (κ1) is 17.9. The van der Waals surface area contributed by atoms with Crippen LogP contribution in [-0.4, -0.2) is 14.2 Å². The summed E-state index contributed by atoms with van der Waals surface area (Å²) in [4.78, 5) is 13.1. The predicted octanol–water partition coefficient (Wildman–Crippen LogP) is 4.30. The zero-order valence-electron chi connectivity index (χ0n) is 16.0. The van der Waals surface area contributed by atoms with Crippen LogP contribution in [0.3, 0.4) is 0 Å². The number of nitriles is 1. The van der Waals surface area contributed by atoms with Gasteiger partial charge < -0.3 is 9.67 Å². The third-order valence-electron chi connectivity index (χ3n) is 5.45. The summed E-state index contributed by atoms with van der Waals surface area (Å²) < 4.78 is 3.46. The third-order valence-corrected chi connectivity index (χ3v) is 5.45. The summed E-state index contributed by atoms with van der Waals surface area (Å²) in [5, 5.41) is 22.1. The van der Waals surface area contributed by atoms with Crippen LogP contribution in [0.4, 0.5) is 0 Å². The largest absolute Gasteiger partial charge is 0.392 e. The molecule has 3 aromatic carbocycles. The van der Waals surface area contributed by atoms with Gasteiger partial charge in [-0.25, -0.2) is 0 Å². The van der Waals surface area contributed by atoms with Crippen LogP contribution in [0.2, 0.25) is 0 Å². The molecule has 0 atom stereocenters. The van der Waals surface area contributed by atoms with Crippen molar-refractivity contribution in [3.05, 3.63) is 107 Å². The van der Waals surface area contributed by atoms with Gasteiger partial charge in [-0.3, -0.25) is 9.36 Å². The molecule has 0 aliphatic rings. The molecule has 0 radical (unpaired) electrons. The predicted molar refractivity (Wildman–Crippen MR) is 117 cm³/mol. The molecule has 0 amide bonds. The Balaban J connectivity index is 1.80. The fourth-order valence-corrected chi connectivity index (χ4v) is 4.02. The van der Waals surface area contributed by atoms with Gasteiger partial charge in [-0.2, -0.15) is 5.26 Å². The topological polar surface area (TPSA) is 71.0 Å². The molecule has 144 valence electrons. The van der Waals surface area contributed by atoms with Crippen LogP contribution in [0, 0.1) is 11.3 Å². The summed E-state index contributed by atoms with van der Waals surface area (Å²) in [6.45, 7) is -0.251. The van der Waals surface area contributed by atoms with Crippen molar-refractivity contribution in [1.29, 1.82) is 5.26 Å². The maximum absolute atomic E-state index is 13.1. The fraction of sp³-hybridized carbons (Fsp3) is 0.0400. The number of rotatable bonds is 3. The lowest BCUT2D eigenvalue weighted by molar-refractivity contribution is 0.281. The highest BCUT2D eigenvalue weighted by Gasteiger charge is 2.16. The van der Waals surface area contributed by atoms with Crippen LogP contribution in [-0.2, 0) is 6.61 Å². The van der Waals surface area contributed by atoms with Crippen molar-refractivity contribution in [2.24, 2.45) is 0 Å². The summed E-state index contributed by atoms with van der Waals surface area (Å²) in [5.41, 5.74) is 3.24. The molecule has 1 N–H and O–H groups in total. The number of aliphatic hydroxyl groups is 1. The summed E-state index contributed by atoms with van der Waals surface area (Å²) in [6, 6.07) is 24.8. The van der Waals surface area contributed by atoms with Gasteiger partial charge in [0.1, 0.15) is 6.07 Å². The van der Waals surface area contributed by atoms with Crippen LogP contribution in [0.5, 0.6) is 0 Å². The minimum Gasteiger partial charge on any atom is -0.392 e. The number of hydrogen-bond donors (Lipinski definition) is 1. The second-order valence-electron chi connectivity index (χ2n) is 7.05. The Bertz CT molecular complexity index is 1520. The maximum Gasteiger partial charge on any atom is 0.262 e. The highest BCUT2D eigenvalue weighted by molar-refractivity contribution is 5.88. The Morgan fingerprint density at radius 3 is 2.30 bits per heavy atom. The van der Waals surface area contributed by atoms with Crippen LogP contribution in [0.1, 0.15) is 11.1 Å². The number of para-hydroxylation sites is 1. The van der Waals surface area contributed by atoms with Gasteiger partial charge in [0.25, 0.3) is 5.56 Å². The summed E-state index contributed by atoms with van der Waals surface area (Å²) in [7, 11) is 0. The van der Waals surface area contributed by atoms with E-state index in [9.17, 15) is 15.2 Å². The van der Waals surface area contributed by atoms with Gasteiger partial charge in [0.15, 0.2) is 0 Å². The van der Waals surface area contributed by atoms with Gasteiger partial charge in [-0.15, -0.1) is 0 Å². The van der Waals surface area contributed by atoms with Crippen molar-refractivity contribution in [3.8, 4) is 17.4 Å². The van der Waals surface area contributed by atoms with Crippen molar-refractivity contribution in [2.45, 2.75) is 6.61 Å². The highest BCUT2D eigenvalue weighted by atomic mass is 16.3. The van der Waals surface area contributed by atoms with E-state index in [1.54, 1.807) is 23.0 Å². The minimum atomic E-state index is -0.251. The SMILES string of the molecule is N#Cc1cn(-c2cccc(-n3ccc4ccccc4c3=O)c2CO)c2ccccc12. The lowest BCUT2D eigenvalue weighted by Crippen LogP contribution is -2.19. The molecule has 0 saturated heterocycles. The van der Waals surface area contributed by atoms with Gasteiger partial charge in [-0.1, -0.05) is 42.5 Å². The van der Waals surface area contributed by atoms with E-state index in [0.29, 0.717) is 22.2 Å². The molecule has 0 unspecified atom stereocenters. The number of pyridine rings is 1. The van der Waals surface area contributed by atoms with Crippen LogP contribution in [0.15, 0.2) is 90.0 Å². The molecule has 30 heavy (non-hydrogen) atoms. The van der Waals surface area contributed by atoms with Gasteiger partial charge >= 0.3 is 0 Å². The second kappa shape index (κ2) is 7.03. The van der Waals surface area contributed by atoms with Crippen LogP contribution >= 0.6 is 0 Å². The normalized spacial score (nSPS) is 11.1. The van der Waals surface area contributed by atoms with Crippen LogP contribution < -0.4 is 5.56 Å². The molecule has 0 spiro atoms. The number of nitrogens with zero attached hydrogens (tertiary/aromatic N) is 3. The van der Waals surface area contributed by atoms with Gasteiger partial charge in [0.05, 0.1) is 29.1 Å². The molecule has 0 aliphatic heterocycles. The maximum atomic E-state index is 13.1. The van der Waals surface area contributed by atoms with E-state index >= 15 is 0 Å². The Kier molecular flexibility index (Phi) is 4.20. The number of hydrogen-bond acceptors (Lipinski definition) is 3. The number of aromatic nitrogens is 2. The van der Waals surface area contributed by atoms with Crippen molar-refractivity contribution in [2.75, 3.05) is 0 Å². The van der Waals surface area contributed by atoms with E-state index in [0.717, 1.165) is 22.0 Å². The van der Waals surface area contributed by atoms with Crippen LogP contribution in [0.25, 0.3) is 33.1 Å². The average molecular weight is 391 g/mol. The smallest absolute Gasteiger partial charge is 0.262 e. The molecule has 2 aromatic heterocycles. The second-order valence-corrected chi connectivity index (χ2v) is 7.05. The molecule has 5 heteroatoms. The molecule has 5 rings (SSSR count). The Morgan fingerprint density at radius 2 is 1.53 bits per heavy atom. The molecule has 5 aromatic rings. The number of benzene rings is 3. The van der Waals surface area contributed by atoms with Crippen molar-refractivity contribution in [1.82, 2.24) is 9.13 Å². The summed E-state index contributed by atoms with van der Waals surface area (Å²) in [5.74, 6) is 0. The summed E-state index contributed by atoms with van der Waals surface area (Å²) >= 11 is 0. The fourth-order valence-electron chi connectivity index (χ4n) is 4.02. The first-order valence-corrected chi connectivity index (χ1v) is 9.57. The zero-order valence-corrected chi connectivity index (χ0v) is 16.0. The lowest BCUT2D eigenvalue weighted by Gasteiger charge is -2.16. The standard InChI is InChI=1S/C25H17N3O2/c26-14-18-15-28(22-9-4-3-7-19(18)22)24-11-5-10-23(21(24)16-29)27-13-12-17-6-1-2-8-20(17)25(27)30/h1-13,15,29H,16H2. The molecular weight excluding hydrogens is 374 g/mol.